The zero-order valence-electron chi connectivity index (χ0n) is 26.9. The Kier molecular flexibility index (Phi) is 11.1. The van der Waals surface area contributed by atoms with Crippen molar-refractivity contribution in [3.05, 3.63) is 87.4 Å². The van der Waals surface area contributed by atoms with Gasteiger partial charge in [-0.2, -0.15) is 0 Å². The molecule has 0 saturated heterocycles. The Morgan fingerprint density at radius 2 is 2.04 bits per heavy atom. The number of hydrogen-bond donors (Lipinski definition) is 4. The predicted octanol–water partition coefficient (Wildman–Crippen LogP) is 5.41. The second kappa shape index (κ2) is 15.0. The Balaban J connectivity index is 1.81. The molecule has 45 heavy (non-hydrogen) atoms. The first-order valence-corrected chi connectivity index (χ1v) is 15.5. The molecule has 4 rings (SSSR count). The van der Waals surface area contributed by atoms with Gasteiger partial charge in [0.05, 0.1) is 34.0 Å². The van der Waals surface area contributed by atoms with Crippen molar-refractivity contribution in [3.8, 4) is 0 Å². The summed E-state index contributed by atoms with van der Waals surface area (Å²) in [6, 6.07) is 9.56. The zero-order valence-corrected chi connectivity index (χ0v) is 26.9. The van der Waals surface area contributed by atoms with E-state index in [1.54, 1.807) is 13.0 Å². The molecule has 0 spiro atoms. The molecule has 0 radical (unpaired) electrons. The number of allylic oxidation sites excluding steroid dienone is 1. The lowest BCUT2D eigenvalue weighted by Crippen LogP contribution is -2.31. The predicted molar refractivity (Wildman–Crippen MR) is 182 cm³/mol. The van der Waals surface area contributed by atoms with Crippen molar-refractivity contribution >= 4 is 39.6 Å². The number of aliphatic imine (C=N–C) groups is 1. The van der Waals surface area contributed by atoms with Gasteiger partial charge < -0.3 is 30.5 Å². The van der Waals surface area contributed by atoms with Gasteiger partial charge in [-0.25, -0.2) is 4.99 Å². The molecular formula is C34H45N7O4. The van der Waals surface area contributed by atoms with Gasteiger partial charge in [0.25, 0.3) is 11.6 Å². The van der Waals surface area contributed by atoms with Crippen LogP contribution in [0.1, 0.15) is 56.2 Å². The van der Waals surface area contributed by atoms with E-state index in [0.29, 0.717) is 29.2 Å². The number of anilines is 2. The lowest BCUT2D eigenvalue weighted by Gasteiger charge is -2.20. The number of aliphatic hydroxyl groups is 1. The van der Waals surface area contributed by atoms with E-state index in [1.807, 2.05) is 43.4 Å². The molecule has 1 aliphatic rings. The summed E-state index contributed by atoms with van der Waals surface area (Å²) in [5.41, 5.74) is 5.77. The van der Waals surface area contributed by atoms with Crippen molar-refractivity contribution in [1.82, 2.24) is 14.8 Å². The number of nitrogens with one attached hydrogen (secondary N) is 3. The van der Waals surface area contributed by atoms with E-state index in [1.165, 1.54) is 11.6 Å². The number of carbonyl (C=O) groups excluding carboxylic acids is 1. The highest BCUT2D eigenvalue weighted by Crippen LogP contribution is 2.37. The number of nitrogens with zero attached hydrogens (tertiary/aromatic N) is 4. The van der Waals surface area contributed by atoms with E-state index in [0.717, 1.165) is 54.4 Å². The number of nitro benzene ring substituents is 1. The van der Waals surface area contributed by atoms with Crippen LogP contribution in [0.3, 0.4) is 0 Å². The van der Waals surface area contributed by atoms with Gasteiger partial charge in [0.15, 0.2) is 0 Å². The fraction of sp³-hybridized carbons (Fsp3) is 0.412. The van der Waals surface area contributed by atoms with E-state index in [9.17, 15) is 20.0 Å². The summed E-state index contributed by atoms with van der Waals surface area (Å²) in [6.45, 7) is 12.2. The maximum atomic E-state index is 13.3. The van der Waals surface area contributed by atoms with Gasteiger partial charge in [-0.3, -0.25) is 14.9 Å². The van der Waals surface area contributed by atoms with E-state index in [4.69, 9.17) is 4.99 Å². The summed E-state index contributed by atoms with van der Waals surface area (Å²) in [6.07, 6.45) is 6.55. The molecule has 11 heteroatoms. The number of nitro groups is 1. The molecule has 3 aromatic rings. The Labute approximate surface area is 264 Å². The number of carbonyl (C=O) groups is 1. The van der Waals surface area contributed by atoms with Crippen LogP contribution in [0, 0.1) is 10.1 Å². The minimum Gasteiger partial charge on any atom is -0.395 e. The van der Waals surface area contributed by atoms with Crippen LogP contribution in [0.25, 0.3) is 10.9 Å². The van der Waals surface area contributed by atoms with Crippen molar-refractivity contribution in [1.29, 1.82) is 0 Å². The van der Waals surface area contributed by atoms with Crippen molar-refractivity contribution in [3.63, 3.8) is 0 Å². The number of hydrogen-bond acceptors (Lipinski definition) is 8. The molecule has 0 aliphatic carbocycles. The molecule has 2 aromatic carbocycles. The van der Waals surface area contributed by atoms with Crippen LogP contribution < -0.4 is 16.0 Å². The van der Waals surface area contributed by atoms with Crippen LogP contribution in [-0.4, -0.2) is 71.5 Å². The lowest BCUT2D eigenvalue weighted by molar-refractivity contribution is -0.383. The quantitative estimate of drug-likeness (QED) is 0.0777. The molecule has 11 nitrogen and oxygen atoms in total. The van der Waals surface area contributed by atoms with Crippen LogP contribution in [0.5, 0.6) is 0 Å². The van der Waals surface area contributed by atoms with Crippen molar-refractivity contribution in [2.75, 3.05) is 51.0 Å². The van der Waals surface area contributed by atoms with Crippen molar-refractivity contribution in [2.24, 2.45) is 4.99 Å². The minimum atomic E-state index is -0.391. The zero-order chi connectivity index (χ0) is 32.7. The van der Waals surface area contributed by atoms with Gasteiger partial charge in [-0.1, -0.05) is 44.7 Å². The van der Waals surface area contributed by atoms with Crippen molar-refractivity contribution in [2.45, 2.75) is 52.5 Å². The minimum absolute atomic E-state index is 0.0492. The first-order chi connectivity index (χ1) is 21.6. The molecule has 1 atom stereocenters. The molecule has 0 fully saturated rings. The number of para-hydroxylation sites is 1. The fourth-order valence-corrected chi connectivity index (χ4v) is 5.72. The number of likely N-dealkylation sites (N-methyl/N-ethyl adjacent to an activating group) is 1. The van der Waals surface area contributed by atoms with Gasteiger partial charge in [0.1, 0.15) is 11.5 Å². The first-order valence-electron chi connectivity index (χ1n) is 15.5. The SMILES string of the molecule is C=C(/N=C(\C(=C/C)C(=O)NCCO)c1cn2c3c(cccc13)CCC2)Nc1cc([N+](=O)[O-])c(NCCN(C)C)cc1C(C)CC. The average Bonchev–Trinajstić information content (AvgIpc) is 3.39. The van der Waals surface area contributed by atoms with Crippen molar-refractivity contribution < 1.29 is 14.8 Å². The standard InChI is InChI=1S/C34H45N7O4/c1-7-22(3)27-19-30(35-14-17-39(5)6)31(41(44)45)20-29(27)37-23(4)38-32(25(8-2)34(43)36-15-18-42)28-21-40-16-10-12-24-11-9-13-26(28)33(24)40/h8-9,11,13,19-22,35,37,42H,4,7,10,12,14-18H2,1-3,5-6H3,(H,36,43)/b25-8+,38-32+. The third-order valence-corrected chi connectivity index (χ3v) is 8.18. The number of rotatable bonds is 15. The molecule has 240 valence electrons. The highest BCUT2D eigenvalue weighted by Gasteiger charge is 2.25. The third-order valence-electron chi connectivity index (χ3n) is 8.18. The van der Waals surface area contributed by atoms with Gasteiger partial charge >= 0.3 is 0 Å². The normalized spacial score (nSPS) is 14.0. The van der Waals surface area contributed by atoms with E-state index in [-0.39, 0.29) is 36.5 Å². The second-order valence-corrected chi connectivity index (χ2v) is 11.6. The van der Waals surface area contributed by atoms with Crippen LogP contribution >= 0.6 is 0 Å². The summed E-state index contributed by atoms with van der Waals surface area (Å²) < 4.78 is 2.21. The molecule has 1 unspecified atom stereocenters. The fourth-order valence-electron chi connectivity index (χ4n) is 5.72. The highest BCUT2D eigenvalue weighted by molar-refractivity contribution is 6.31. The Bertz CT molecular complexity index is 1640. The summed E-state index contributed by atoms with van der Waals surface area (Å²) in [5.74, 6) is -0.0418. The van der Waals surface area contributed by atoms with Gasteiger partial charge in [0.2, 0.25) is 0 Å². The van der Waals surface area contributed by atoms with E-state index in [2.05, 4.69) is 47.0 Å². The van der Waals surface area contributed by atoms with E-state index >= 15 is 0 Å². The van der Waals surface area contributed by atoms with Gasteiger partial charge in [0, 0.05) is 49.4 Å². The summed E-state index contributed by atoms with van der Waals surface area (Å²) in [4.78, 5) is 32.0. The molecule has 4 N–H and O–H groups in total. The highest BCUT2D eigenvalue weighted by atomic mass is 16.6. The number of benzene rings is 2. The lowest BCUT2D eigenvalue weighted by atomic mass is 9.95. The monoisotopic (exact) mass is 615 g/mol. The number of aryl methyl sites for hydroxylation is 2. The van der Waals surface area contributed by atoms with Crippen LogP contribution in [-0.2, 0) is 17.8 Å². The molecule has 0 bridgehead atoms. The molecule has 1 aliphatic heterocycles. The summed E-state index contributed by atoms with van der Waals surface area (Å²) >= 11 is 0. The molecule has 0 saturated carbocycles. The molecule has 1 aromatic heterocycles. The number of amides is 1. The van der Waals surface area contributed by atoms with Gasteiger partial charge in [-0.05, 0) is 63.4 Å². The Morgan fingerprint density at radius 3 is 2.71 bits per heavy atom. The average molecular weight is 616 g/mol. The molecule has 1 amide bonds. The smallest absolute Gasteiger partial charge is 0.294 e. The second-order valence-electron chi connectivity index (χ2n) is 11.6. The maximum Gasteiger partial charge on any atom is 0.294 e. The first kappa shape index (κ1) is 33.4. The van der Waals surface area contributed by atoms with Crippen LogP contribution in [0.15, 0.2) is 65.6 Å². The summed E-state index contributed by atoms with van der Waals surface area (Å²) in [5, 5.41) is 31.7. The Hall–Kier alpha value is -4.48. The van der Waals surface area contributed by atoms with Crippen LogP contribution in [0.2, 0.25) is 0 Å². The van der Waals surface area contributed by atoms with Gasteiger partial charge in [-0.15, -0.1) is 0 Å². The number of aliphatic hydroxyl groups excluding tert-OH is 1. The topological polar surface area (TPSA) is 137 Å². The molecule has 2 heterocycles. The largest absolute Gasteiger partial charge is 0.395 e. The Morgan fingerprint density at radius 1 is 1.27 bits per heavy atom. The molecular weight excluding hydrogens is 570 g/mol. The summed E-state index contributed by atoms with van der Waals surface area (Å²) in [7, 11) is 3.90. The van der Waals surface area contributed by atoms with Crippen LogP contribution in [0.4, 0.5) is 17.1 Å². The third kappa shape index (κ3) is 7.61. The van der Waals surface area contributed by atoms with E-state index < -0.39 is 4.92 Å². The number of aromatic nitrogens is 1. The maximum absolute atomic E-state index is 13.3.